The molecule has 1 aromatic rings. The second kappa shape index (κ2) is 6.14. The molecule has 0 heterocycles. The smallest absolute Gasteiger partial charge is 0.350 e. The number of methoxy groups -OCH3 is 1. The van der Waals surface area contributed by atoms with Crippen LogP contribution in [0.25, 0.3) is 0 Å². The molecular weight excluding hydrogens is 263 g/mol. The van der Waals surface area contributed by atoms with Crippen LogP contribution in [-0.2, 0) is 9.53 Å². The molecule has 1 rings (SSSR count). The molecule has 0 unspecified atom stereocenters. The summed E-state index contributed by atoms with van der Waals surface area (Å²) >= 11 is 11.6. The number of hydrogen-bond acceptors (Lipinski definition) is 4. The first kappa shape index (κ1) is 13.4. The summed E-state index contributed by atoms with van der Waals surface area (Å²) in [5.74, 6) is -0.715. The lowest BCUT2D eigenvalue weighted by molar-refractivity contribution is -0.135. The van der Waals surface area contributed by atoms with Gasteiger partial charge in [0.1, 0.15) is 6.07 Å². The Balaban J connectivity index is 2.88. The normalized spacial score (nSPS) is 10.6. The van der Waals surface area contributed by atoms with Gasteiger partial charge in [0.05, 0.1) is 7.11 Å². The van der Waals surface area contributed by atoms with Crippen LogP contribution in [0.2, 0.25) is 10.0 Å². The van der Waals surface area contributed by atoms with E-state index in [1.54, 1.807) is 24.3 Å². The van der Waals surface area contributed by atoms with Gasteiger partial charge in [-0.2, -0.15) is 5.26 Å². The van der Waals surface area contributed by atoms with Gasteiger partial charge in [-0.3, -0.25) is 0 Å². The number of nitrogens with one attached hydrogen (secondary N) is 1. The van der Waals surface area contributed by atoms with Gasteiger partial charge >= 0.3 is 5.97 Å². The van der Waals surface area contributed by atoms with Crippen LogP contribution in [0, 0.1) is 11.3 Å². The number of esters is 1. The van der Waals surface area contributed by atoms with Crippen molar-refractivity contribution in [1.82, 2.24) is 0 Å². The molecule has 88 valence electrons. The third kappa shape index (κ3) is 3.99. The van der Waals surface area contributed by atoms with E-state index in [1.165, 1.54) is 13.3 Å². The Morgan fingerprint density at radius 1 is 1.41 bits per heavy atom. The zero-order valence-corrected chi connectivity index (χ0v) is 10.3. The van der Waals surface area contributed by atoms with Crippen molar-refractivity contribution in [2.24, 2.45) is 0 Å². The molecule has 0 fully saturated rings. The lowest BCUT2D eigenvalue weighted by Crippen LogP contribution is -2.05. The Labute approximate surface area is 108 Å². The van der Waals surface area contributed by atoms with Crippen LogP contribution >= 0.6 is 23.2 Å². The maximum atomic E-state index is 11.1. The van der Waals surface area contributed by atoms with Crippen LogP contribution in [0.4, 0.5) is 5.69 Å². The molecule has 0 radical (unpaired) electrons. The topological polar surface area (TPSA) is 62.1 Å². The van der Waals surface area contributed by atoms with Crippen molar-refractivity contribution < 1.29 is 9.53 Å². The van der Waals surface area contributed by atoms with Crippen LogP contribution in [-0.4, -0.2) is 13.1 Å². The molecule has 0 spiro atoms. The molecule has 1 N–H and O–H groups in total. The van der Waals surface area contributed by atoms with Gasteiger partial charge in [-0.05, 0) is 18.2 Å². The minimum atomic E-state index is -0.715. The third-order valence-electron chi connectivity index (χ3n) is 1.77. The fourth-order valence-electron chi connectivity index (χ4n) is 1.04. The van der Waals surface area contributed by atoms with E-state index in [0.717, 1.165) is 0 Å². The monoisotopic (exact) mass is 270 g/mol. The predicted octanol–water partition coefficient (Wildman–Crippen LogP) is 2.99. The average molecular weight is 271 g/mol. The highest BCUT2D eigenvalue weighted by Crippen LogP contribution is 2.22. The molecule has 0 saturated carbocycles. The number of nitriles is 1. The van der Waals surface area contributed by atoms with Gasteiger partial charge in [-0.1, -0.05) is 23.2 Å². The molecule has 0 aliphatic heterocycles. The van der Waals surface area contributed by atoms with Crippen LogP contribution in [0.1, 0.15) is 0 Å². The second-order valence-corrected chi connectivity index (χ2v) is 3.84. The number of benzene rings is 1. The van der Waals surface area contributed by atoms with Gasteiger partial charge in [-0.15, -0.1) is 0 Å². The van der Waals surface area contributed by atoms with E-state index in [0.29, 0.717) is 15.7 Å². The number of nitrogens with zero attached hydrogens (tertiary/aromatic N) is 1. The Morgan fingerprint density at radius 3 is 2.47 bits per heavy atom. The molecule has 17 heavy (non-hydrogen) atoms. The van der Waals surface area contributed by atoms with Crippen LogP contribution in [0.3, 0.4) is 0 Å². The van der Waals surface area contributed by atoms with Crippen LogP contribution < -0.4 is 5.32 Å². The van der Waals surface area contributed by atoms with E-state index < -0.39 is 5.97 Å². The van der Waals surface area contributed by atoms with Gasteiger partial charge in [0.15, 0.2) is 5.57 Å². The van der Waals surface area contributed by atoms with E-state index in [-0.39, 0.29) is 5.57 Å². The largest absolute Gasteiger partial charge is 0.465 e. The van der Waals surface area contributed by atoms with Crippen molar-refractivity contribution in [3.63, 3.8) is 0 Å². The second-order valence-electron chi connectivity index (χ2n) is 2.96. The van der Waals surface area contributed by atoms with Crippen LogP contribution in [0.15, 0.2) is 30.0 Å². The molecule has 0 amide bonds. The molecule has 0 aliphatic carbocycles. The Bertz CT molecular complexity index is 486. The molecule has 0 saturated heterocycles. The summed E-state index contributed by atoms with van der Waals surface area (Å²) in [6.45, 7) is 0. The van der Waals surface area contributed by atoms with Crippen LogP contribution in [0.5, 0.6) is 0 Å². The van der Waals surface area contributed by atoms with E-state index in [2.05, 4.69) is 10.1 Å². The molecule has 6 heteroatoms. The summed E-state index contributed by atoms with van der Waals surface area (Å²) < 4.78 is 4.42. The molecular formula is C11H8Cl2N2O2. The Hall–Kier alpha value is -1.70. The van der Waals surface area contributed by atoms with Crippen molar-refractivity contribution in [2.45, 2.75) is 0 Å². The summed E-state index contributed by atoms with van der Waals surface area (Å²) in [6, 6.07) is 6.50. The van der Waals surface area contributed by atoms with E-state index in [4.69, 9.17) is 28.5 Å². The maximum Gasteiger partial charge on any atom is 0.350 e. The molecule has 4 nitrogen and oxygen atoms in total. The summed E-state index contributed by atoms with van der Waals surface area (Å²) in [4.78, 5) is 11.1. The zero-order chi connectivity index (χ0) is 12.8. The lowest BCUT2D eigenvalue weighted by Gasteiger charge is -2.03. The highest BCUT2D eigenvalue weighted by molar-refractivity contribution is 6.35. The first-order chi connectivity index (χ1) is 8.06. The minimum Gasteiger partial charge on any atom is -0.465 e. The SMILES string of the molecule is COC(=O)/C(C#N)=C\Nc1cc(Cl)cc(Cl)c1. The van der Waals surface area contributed by atoms with E-state index >= 15 is 0 Å². The number of halogens is 2. The quantitative estimate of drug-likeness (QED) is 0.521. The number of rotatable bonds is 3. The fraction of sp³-hybridized carbons (Fsp3) is 0.0909. The van der Waals surface area contributed by atoms with Gasteiger partial charge in [-0.25, -0.2) is 4.79 Å². The zero-order valence-electron chi connectivity index (χ0n) is 8.83. The first-order valence-corrected chi connectivity index (χ1v) is 5.23. The lowest BCUT2D eigenvalue weighted by atomic mass is 10.3. The van der Waals surface area contributed by atoms with E-state index in [1.807, 2.05) is 0 Å². The number of anilines is 1. The summed E-state index contributed by atoms with van der Waals surface area (Å²) in [7, 11) is 1.20. The van der Waals surface area contributed by atoms with Gasteiger partial charge in [0, 0.05) is 21.9 Å². The summed E-state index contributed by atoms with van der Waals surface area (Å²) in [5, 5.41) is 12.3. The number of hydrogen-bond donors (Lipinski definition) is 1. The van der Waals surface area contributed by atoms with E-state index in [9.17, 15) is 4.79 Å². The van der Waals surface area contributed by atoms with Gasteiger partial charge in [0.25, 0.3) is 0 Å². The molecule has 0 aromatic heterocycles. The summed E-state index contributed by atoms with van der Waals surface area (Å²) in [5.41, 5.74) is 0.419. The average Bonchev–Trinajstić information content (AvgIpc) is 2.28. The first-order valence-electron chi connectivity index (χ1n) is 4.48. The number of ether oxygens (including phenoxy) is 1. The van der Waals surface area contributed by atoms with Crippen molar-refractivity contribution in [1.29, 1.82) is 5.26 Å². The van der Waals surface area contributed by atoms with Crippen molar-refractivity contribution in [3.8, 4) is 6.07 Å². The molecule has 0 aliphatic rings. The fourth-order valence-corrected chi connectivity index (χ4v) is 1.57. The maximum absolute atomic E-state index is 11.1. The number of carbonyl (C=O) groups is 1. The van der Waals surface area contributed by atoms with Gasteiger partial charge < -0.3 is 10.1 Å². The summed E-state index contributed by atoms with van der Waals surface area (Å²) in [6.07, 6.45) is 1.23. The predicted molar refractivity (Wildman–Crippen MR) is 65.8 cm³/mol. The minimum absolute atomic E-state index is 0.149. The van der Waals surface area contributed by atoms with Gasteiger partial charge in [0.2, 0.25) is 0 Å². The highest BCUT2D eigenvalue weighted by atomic mass is 35.5. The Morgan fingerprint density at radius 2 is 2.00 bits per heavy atom. The molecule has 0 bridgehead atoms. The highest BCUT2D eigenvalue weighted by Gasteiger charge is 2.07. The standard InChI is InChI=1S/C11H8Cl2N2O2/c1-17-11(16)7(5-14)6-15-10-3-8(12)2-9(13)4-10/h2-4,6,15H,1H3/b7-6-. The van der Waals surface area contributed by atoms with Crippen molar-refractivity contribution in [3.05, 3.63) is 40.0 Å². The molecule has 1 aromatic carbocycles. The Kier molecular flexibility index (Phi) is 4.83. The van der Waals surface area contributed by atoms with Crippen molar-refractivity contribution in [2.75, 3.05) is 12.4 Å². The van der Waals surface area contributed by atoms with Crippen molar-refractivity contribution >= 4 is 34.9 Å². The molecule has 0 atom stereocenters. The third-order valence-corrected chi connectivity index (χ3v) is 2.21. The number of carbonyl (C=O) groups excluding carboxylic acids is 1.